The van der Waals surface area contributed by atoms with Crippen LogP contribution in [0.1, 0.15) is 5.56 Å². The molecule has 1 amide bonds. The molecule has 7 nitrogen and oxygen atoms in total. The summed E-state index contributed by atoms with van der Waals surface area (Å²) in [4.78, 5) is 25.8. The molecule has 3 aromatic carbocycles. The highest BCUT2D eigenvalue weighted by atomic mass is 35.5. The largest absolute Gasteiger partial charge is 0.325 e. The van der Waals surface area contributed by atoms with Crippen LogP contribution < -0.4 is 16.0 Å². The third-order valence-corrected chi connectivity index (χ3v) is 5.72. The summed E-state index contributed by atoms with van der Waals surface area (Å²) in [6.07, 6.45) is 0. The van der Waals surface area contributed by atoms with Crippen LogP contribution in [0.3, 0.4) is 0 Å². The second-order valence-corrected chi connectivity index (χ2v) is 8.40. The number of aromatic nitrogens is 3. The second-order valence-electron chi connectivity index (χ2n) is 7.05. The fourth-order valence-electron chi connectivity index (χ4n) is 2.83. The molecular formula is C24H21ClN6OS. The maximum atomic E-state index is 12.5. The van der Waals surface area contributed by atoms with Crippen LogP contribution >= 0.6 is 23.4 Å². The van der Waals surface area contributed by atoms with Gasteiger partial charge in [-0.05, 0) is 48.9 Å². The Morgan fingerprint density at radius 1 is 0.818 bits per heavy atom. The first-order valence-electron chi connectivity index (χ1n) is 10.1. The van der Waals surface area contributed by atoms with Crippen molar-refractivity contribution in [1.29, 1.82) is 0 Å². The first-order chi connectivity index (χ1) is 16.0. The van der Waals surface area contributed by atoms with Crippen molar-refractivity contribution < 1.29 is 4.79 Å². The van der Waals surface area contributed by atoms with Gasteiger partial charge in [-0.15, -0.1) is 0 Å². The van der Waals surface area contributed by atoms with Crippen LogP contribution in [0.25, 0.3) is 0 Å². The standard InChI is InChI=1S/C24H21ClN6OS/c1-16-12-13-19(14-20(16)25)26-21(32)15-33-24-30-22(27-17-8-4-2-5-9-17)29-23(31-24)28-18-10-6-3-7-11-18/h2-14H,15H2,1H3,(H,26,32)(H2,27,28,29,30,31). The molecule has 3 N–H and O–H groups in total. The summed E-state index contributed by atoms with van der Waals surface area (Å²) < 4.78 is 0. The Bertz CT molecular complexity index is 1180. The van der Waals surface area contributed by atoms with Gasteiger partial charge in [0, 0.05) is 22.1 Å². The molecule has 1 heterocycles. The highest BCUT2D eigenvalue weighted by Crippen LogP contribution is 2.23. The molecule has 0 bridgehead atoms. The summed E-state index contributed by atoms with van der Waals surface area (Å²) >= 11 is 7.36. The molecule has 4 aromatic rings. The summed E-state index contributed by atoms with van der Waals surface area (Å²) in [7, 11) is 0. The van der Waals surface area contributed by atoms with Crippen LogP contribution in [-0.2, 0) is 4.79 Å². The summed E-state index contributed by atoms with van der Waals surface area (Å²) in [6, 6.07) is 24.6. The lowest BCUT2D eigenvalue weighted by Gasteiger charge is -2.10. The number of amides is 1. The molecule has 0 aliphatic carbocycles. The predicted molar refractivity (Wildman–Crippen MR) is 135 cm³/mol. The molecule has 0 atom stereocenters. The number of aryl methyl sites for hydroxylation is 1. The SMILES string of the molecule is Cc1ccc(NC(=O)CSc2nc(Nc3ccccc3)nc(Nc3ccccc3)n2)cc1Cl. The van der Waals surface area contributed by atoms with E-state index >= 15 is 0 Å². The Morgan fingerprint density at radius 2 is 1.39 bits per heavy atom. The number of benzene rings is 3. The minimum absolute atomic E-state index is 0.130. The molecule has 0 spiro atoms. The molecule has 33 heavy (non-hydrogen) atoms. The summed E-state index contributed by atoms with van der Waals surface area (Å²) in [5.74, 6) is 0.701. The molecule has 0 saturated carbocycles. The van der Waals surface area contributed by atoms with Crippen molar-refractivity contribution >= 4 is 58.2 Å². The van der Waals surface area contributed by atoms with Gasteiger partial charge in [-0.3, -0.25) is 4.79 Å². The zero-order chi connectivity index (χ0) is 23.0. The smallest absolute Gasteiger partial charge is 0.234 e. The Labute approximate surface area is 201 Å². The third kappa shape index (κ3) is 6.68. The monoisotopic (exact) mass is 476 g/mol. The van der Waals surface area contributed by atoms with E-state index in [0.717, 1.165) is 16.9 Å². The lowest BCUT2D eigenvalue weighted by atomic mass is 10.2. The molecule has 0 radical (unpaired) electrons. The molecular weight excluding hydrogens is 456 g/mol. The number of carbonyl (C=O) groups excluding carboxylic acids is 1. The number of anilines is 5. The Morgan fingerprint density at radius 3 is 1.94 bits per heavy atom. The molecule has 0 saturated heterocycles. The van der Waals surface area contributed by atoms with E-state index in [9.17, 15) is 4.79 Å². The van der Waals surface area contributed by atoms with E-state index in [-0.39, 0.29) is 11.7 Å². The van der Waals surface area contributed by atoms with Crippen LogP contribution in [0.5, 0.6) is 0 Å². The van der Waals surface area contributed by atoms with Crippen molar-refractivity contribution in [2.24, 2.45) is 0 Å². The van der Waals surface area contributed by atoms with Crippen molar-refractivity contribution in [2.45, 2.75) is 12.1 Å². The zero-order valence-electron chi connectivity index (χ0n) is 17.7. The van der Waals surface area contributed by atoms with Gasteiger partial charge >= 0.3 is 0 Å². The van der Waals surface area contributed by atoms with Crippen molar-refractivity contribution in [2.75, 3.05) is 21.7 Å². The van der Waals surface area contributed by atoms with Crippen LogP contribution in [0.4, 0.5) is 29.0 Å². The average molecular weight is 477 g/mol. The number of carbonyl (C=O) groups is 1. The first kappa shape index (κ1) is 22.6. The number of rotatable bonds is 8. The van der Waals surface area contributed by atoms with Crippen molar-refractivity contribution in [3.8, 4) is 0 Å². The van der Waals surface area contributed by atoms with Crippen molar-refractivity contribution in [1.82, 2.24) is 15.0 Å². The molecule has 0 unspecified atom stereocenters. The quantitative estimate of drug-likeness (QED) is 0.266. The van der Waals surface area contributed by atoms with Gasteiger partial charge < -0.3 is 16.0 Å². The van der Waals surface area contributed by atoms with Crippen LogP contribution in [0, 0.1) is 6.92 Å². The molecule has 0 fully saturated rings. The van der Waals surface area contributed by atoms with Crippen molar-refractivity contribution in [3.63, 3.8) is 0 Å². The van der Waals surface area contributed by atoms with Gasteiger partial charge in [0.25, 0.3) is 0 Å². The lowest BCUT2D eigenvalue weighted by Crippen LogP contribution is -2.14. The average Bonchev–Trinajstić information content (AvgIpc) is 2.81. The van der Waals surface area contributed by atoms with Gasteiger partial charge in [0.2, 0.25) is 17.8 Å². The van der Waals surface area contributed by atoms with Crippen LogP contribution in [0.15, 0.2) is 84.0 Å². The highest BCUT2D eigenvalue weighted by molar-refractivity contribution is 7.99. The molecule has 0 aliphatic rings. The number of thioether (sulfide) groups is 1. The number of halogens is 1. The van der Waals surface area contributed by atoms with E-state index in [1.54, 1.807) is 6.07 Å². The number of hydrogen-bond donors (Lipinski definition) is 3. The van der Waals surface area contributed by atoms with Gasteiger partial charge in [0.1, 0.15) is 0 Å². The molecule has 1 aromatic heterocycles. The van der Waals surface area contributed by atoms with Crippen molar-refractivity contribution in [3.05, 3.63) is 89.4 Å². The van der Waals surface area contributed by atoms with E-state index in [1.165, 1.54) is 11.8 Å². The Balaban J connectivity index is 1.49. The number of hydrogen-bond acceptors (Lipinski definition) is 7. The lowest BCUT2D eigenvalue weighted by molar-refractivity contribution is -0.113. The summed E-state index contributed by atoms with van der Waals surface area (Å²) in [5.41, 5.74) is 3.29. The molecule has 4 rings (SSSR count). The number of nitrogens with zero attached hydrogens (tertiary/aromatic N) is 3. The van der Waals surface area contributed by atoms with E-state index in [0.29, 0.717) is 27.8 Å². The predicted octanol–water partition coefficient (Wildman–Crippen LogP) is 6.05. The maximum absolute atomic E-state index is 12.5. The van der Waals surface area contributed by atoms with Crippen LogP contribution in [-0.4, -0.2) is 26.6 Å². The van der Waals surface area contributed by atoms with Gasteiger partial charge in [-0.25, -0.2) is 0 Å². The second kappa shape index (κ2) is 10.8. The number of para-hydroxylation sites is 2. The van der Waals surface area contributed by atoms with Crippen LogP contribution in [0.2, 0.25) is 5.02 Å². The summed E-state index contributed by atoms with van der Waals surface area (Å²) in [5, 5.41) is 10.2. The van der Waals surface area contributed by atoms with Gasteiger partial charge in [-0.1, -0.05) is 65.8 Å². The maximum Gasteiger partial charge on any atom is 0.234 e. The Kier molecular flexibility index (Phi) is 7.39. The van der Waals surface area contributed by atoms with E-state index in [1.807, 2.05) is 79.7 Å². The Hall–Kier alpha value is -3.62. The van der Waals surface area contributed by atoms with E-state index in [4.69, 9.17) is 11.6 Å². The summed E-state index contributed by atoms with van der Waals surface area (Å²) in [6.45, 7) is 1.91. The number of nitrogens with one attached hydrogen (secondary N) is 3. The van der Waals surface area contributed by atoms with E-state index in [2.05, 4.69) is 30.9 Å². The van der Waals surface area contributed by atoms with E-state index < -0.39 is 0 Å². The zero-order valence-corrected chi connectivity index (χ0v) is 19.3. The minimum Gasteiger partial charge on any atom is -0.325 e. The molecule has 9 heteroatoms. The molecule has 166 valence electrons. The third-order valence-electron chi connectivity index (χ3n) is 4.46. The fourth-order valence-corrected chi connectivity index (χ4v) is 3.65. The highest BCUT2D eigenvalue weighted by Gasteiger charge is 2.11. The van der Waals surface area contributed by atoms with Gasteiger partial charge in [0.05, 0.1) is 5.75 Å². The van der Waals surface area contributed by atoms with Gasteiger partial charge in [-0.2, -0.15) is 15.0 Å². The minimum atomic E-state index is -0.185. The normalized spacial score (nSPS) is 10.5. The topological polar surface area (TPSA) is 91.8 Å². The molecule has 0 aliphatic heterocycles. The van der Waals surface area contributed by atoms with Gasteiger partial charge in [0.15, 0.2) is 5.16 Å². The first-order valence-corrected chi connectivity index (χ1v) is 11.5. The fraction of sp³-hybridized carbons (Fsp3) is 0.0833.